The molecule has 0 bridgehead atoms. The number of benzene rings is 1. The van der Waals surface area contributed by atoms with Gasteiger partial charge >= 0.3 is 0 Å². The van der Waals surface area contributed by atoms with Crippen molar-refractivity contribution in [3.63, 3.8) is 0 Å². The Morgan fingerprint density at radius 3 is 2.75 bits per heavy atom. The molecule has 0 unspecified atom stereocenters. The van der Waals surface area contributed by atoms with Crippen LogP contribution in [-0.4, -0.2) is 15.7 Å². The van der Waals surface area contributed by atoms with E-state index in [0.717, 1.165) is 5.56 Å². The van der Waals surface area contributed by atoms with Gasteiger partial charge in [0.2, 0.25) is 5.91 Å². The van der Waals surface area contributed by atoms with E-state index < -0.39 is 0 Å². The fourth-order valence-corrected chi connectivity index (χ4v) is 2.18. The molecule has 2 heterocycles. The first kappa shape index (κ1) is 15.5. The summed E-state index contributed by atoms with van der Waals surface area (Å²) in [6.07, 6.45) is 4.52. The number of nitrogens with one attached hydrogen (secondary N) is 1. The van der Waals surface area contributed by atoms with Crippen molar-refractivity contribution in [3.8, 4) is 11.3 Å². The molecule has 1 aromatic carbocycles. The van der Waals surface area contributed by atoms with Gasteiger partial charge in [-0.15, -0.1) is 0 Å². The van der Waals surface area contributed by atoms with Crippen LogP contribution in [0.1, 0.15) is 5.76 Å². The average Bonchev–Trinajstić information content (AvgIpc) is 3.10. The molecule has 6 nitrogen and oxygen atoms in total. The Bertz CT molecular complexity index is 940. The van der Waals surface area contributed by atoms with Crippen molar-refractivity contribution in [2.75, 3.05) is 5.32 Å². The molecule has 0 atom stereocenters. The van der Waals surface area contributed by atoms with Crippen molar-refractivity contribution in [3.05, 3.63) is 77.0 Å². The Morgan fingerprint density at radius 1 is 1.17 bits per heavy atom. The number of furan rings is 1. The quantitative estimate of drug-likeness (QED) is 0.750. The Kier molecular flexibility index (Phi) is 4.38. The predicted molar refractivity (Wildman–Crippen MR) is 91.3 cm³/mol. The minimum atomic E-state index is -0.288. The summed E-state index contributed by atoms with van der Waals surface area (Å²) >= 11 is 0. The monoisotopic (exact) mass is 321 g/mol. The van der Waals surface area contributed by atoms with Crippen LogP contribution >= 0.6 is 0 Å². The molecular weight excluding hydrogens is 306 g/mol. The number of carbonyl (C=O) groups is 1. The summed E-state index contributed by atoms with van der Waals surface area (Å²) in [7, 11) is 1.58. The zero-order valence-electron chi connectivity index (χ0n) is 13.0. The van der Waals surface area contributed by atoms with Crippen LogP contribution in [0.15, 0.2) is 70.1 Å². The van der Waals surface area contributed by atoms with E-state index >= 15 is 0 Å². The first-order valence-electron chi connectivity index (χ1n) is 7.30. The largest absolute Gasteiger partial charge is 0.465 e. The Hall–Kier alpha value is -3.41. The van der Waals surface area contributed by atoms with E-state index in [9.17, 15) is 9.59 Å². The third-order valence-electron chi connectivity index (χ3n) is 3.36. The molecule has 0 radical (unpaired) electrons. The molecule has 0 aliphatic heterocycles. The molecule has 1 amide bonds. The molecule has 1 N–H and O–H groups in total. The second-order valence-corrected chi connectivity index (χ2v) is 5.06. The minimum absolute atomic E-state index is 0.193. The number of aryl methyl sites for hydroxylation is 1. The molecular formula is C18H15N3O3. The predicted octanol–water partition coefficient (Wildman–Crippen LogP) is 2.69. The molecule has 0 aliphatic rings. The molecule has 0 spiro atoms. The summed E-state index contributed by atoms with van der Waals surface area (Å²) in [5, 5.41) is 7.03. The lowest BCUT2D eigenvalue weighted by molar-refractivity contribution is -0.111. The summed E-state index contributed by atoms with van der Waals surface area (Å²) in [6.45, 7) is 0. The highest BCUT2D eigenvalue weighted by atomic mass is 16.3. The summed E-state index contributed by atoms with van der Waals surface area (Å²) in [6, 6.07) is 13.8. The smallest absolute Gasteiger partial charge is 0.266 e. The van der Waals surface area contributed by atoms with Crippen LogP contribution in [0.3, 0.4) is 0 Å². The van der Waals surface area contributed by atoms with Gasteiger partial charge in [-0.3, -0.25) is 9.59 Å². The number of carbonyl (C=O) groups excluding carboxylic acids is 1. The van der Waals surface area contributed by atoms with Crippen LogP contribution in [0.2, 0.25) is 0 Å². The molecule has 3 aromatic rings. The molecule has 0 fully saturated rings. The number of anilines is 1. The SMILES string of the molecule is Cn1nc(-c2ccccc2NC(=O)C=Cc2ccco2)ccc1=O. The van der Waals surface area contributed by atoms with Crippen molar-refractivity contribution in [2.45, 2.75) is 0 Å². The number of hydrogen-bond donors (Lipinski definition) is 1. The normalized spacial score (nSPS) is 10.9. The van der Waals surface area contributed by atoms with Gasteiger partial charge in [0.25, 0.3) is 5.56 Å². The van der Waals surface area contributed by atoms with Crippen molar-refractivity contribution < 1.29 is 9.21 Å². The highest BCUT2D eigenvalue weighted by molar-refractivity contribution is 6.03. The molecule has 6 heteroatoms. The highest BCUT2D eigenvalue weighted by Crippen LogP contribution is 2.25. The molecule has 120 valence electrons. The summed E-state index contributed by atoms with van der Waals surface area (Å²) in [5.74, 6) is 0.307. The standard InChI is InChI=1S/C18H15N3O3/c1-21-18(23)11-9-16(20-21)14-6-2-3-7-15(14)19-17(22)10-8-13-5-4-12-24-13/h2-12H,1H3,(H,19,22). The first-order valence-corrected chi connectivity index (χ1v) is 7.30. The van der Waals surface area contributed by atoms with Gasteiger partial charge in [-0.05, 0) is 30.3 Å². The lowest BCUT2D eigenvalue weighted by Crippen LogP contribution is -2.18. The third kappa shape index (κ3) is 3.49. The van der Waals surface area contributed by atoms with Crippen molar-refractivity contribution in [2.24, 2.45) is 7.05 Å². The maximum atomic E-state index is 12.1. The average molecular weight is 321 g/mol. The van der Waals surface area contributed by atoms with E-state index in [0.29, 0.717) is 17.1 Å². The Morgan fingerprint density at radius 2 is 2.00 bits per heavy atom. The van der Waals surface area contributed by atoms with Crippen molar-refractivity contribution in [1.29, 1.82) is 0 Å². The summed E-state index contributed by atoms with van der Waals surface area (Å²) in [5.41, 5.74) is 1.75. The van der Waals surface area contributed by atoms with E-state index in [2.05, 4.69) is 10.4 Å². The van der Waals surface area contributed by atoms with E-state index in [4.69, 9.17) is 4.42 Å². The number of para-hydroxylation sites is 1. The van der Waals surface area contributed by atoms with Crippen LogP contribution in [0.5, 0.6) is 0 Å². The number of nitrogens with zero attached hydrogens (tertiary/aromatic N) is 2. The summed E-state index contributed by atoms with van der Waals surface area (Å²) < 4.78 is 6.40. The molecule has 0 saturated carbocycles. The van der Waals surface area contributed by atoms with E-state index in [1.54, 1.807) is 37.4 Å². The van der Waals surface area contributed by atoms with Gasteiger partial charge in [0.05, 0.1) is 17.6 Å². The van der Waals surface area contributed by atoms with Gasteiger partial charge < -0.3 is 9.73 Å². The maximum Gasteiger partial charge on any atom is 0.266 e. The molecule has 0 aliphatic carbocycles. The fraction of sp³-hybridized carbons (Fsp3) is 0.0556. The van der Waals surface area contributed by atoms with Gasteiger partial charge in [0.1, 0.15) is 5.76 Å². The zero-order valence-corrected chi connectivity index (χ0v) is 13.0. The fourth-order valence-electron chi connectivity index (χ4n) is 2.18. The van der Waals surface area contributed by atoms with Gasteiger partial charge in [-0.1, -0.05) is 18.2 Å². The van der Waals surface area contributed by atoms with E-state index in [1.807, 2.05) is 18.2 Å². The number of aromatic nitrogens is 2. The number of hydrogen-bond acceptors (Lipinski definition) is 4. The first-order chi connectivity index (χ1) is 11.6. The van der Waals surface area contributed by atoms with Crippen LogP contribution < -0.4 is 10.9 Å². The third-order valence-corrected chi connectivity index (χ3v) is 3.36. The van der Waals surface area contributed by atoms with Gasteiger partial charge in [0.15, 0.2) is 0 Å². The van der Waals surface area contributed by atoms with Gasteiger partial charge in [-0.2, -0.15) is 5.10 Å². The lowest BCUT2D eigenvalue weighted by atomic mass is 10.1. The highest BCUT2D eigenvalue weighted by Gasteiger charge is 2.09. The number of amides is 1. The van der Waals surface area contributed by atoms with Gasteiger partial charge in [-0.25, -0.2) is 4.68 Å². The van der Waals surface area contributed by atoms with Crippen LogP contribution in [0.4, 0.5) is 5.69 Å². The van der Waals surface area contributed by atoms with Gasteiger partial charge in [0, 0.05) is 24.8 Å². The lowest BCUT2D eigenvalue weighted by Gasteiger charge is -2.09. The Balaban J connectivity index is 1.85. The molecule has 3 rings (SSSR count). The second-order valence-electron chi connectivity index (χ2n) is 5.06. The topological polar surface area (TPSA) is 77.1 Å². The van der Waals surface area contributed by atoms with E-state index in [-0.39, 0.29) is 11.5 Å². The second kappa shape index (κ2) is 6.78. The van der Waals surface area contributed by atoms with Crippen molar-refractivity contribution >= 4 is 17.7 Å². The van der Waals surface area contributed by atoms with Crippen LogP contribution in [-0.2, 0) is 11.8 Å². The molecule has 0 saturated heterocycles. The Labute approximate surface area is 138 Å². The van der Waals surface area contributed by atoms with Crippen LogP contribution in [0.25, 0.3) is 17.3 Å². The molecule has 2 aromatic heterocycles. The summed E-state index contributed by atoms with van der Waals surface area (Å²) in [4.78, 5) is 23.6. The van der Waals surface area contributed by atoms with Crippen LogP contribution in [0, 0.1) is 0 Å². The van der Waals surface area contributed by atoms with E-state index in [1.165, 1.54) is 23.1 Å². The molecule has 24 heavy (non-hydrogen) atoms. The zero-order chi connectivity index (χ0) is 16.9. The maximum absolute atomic E-state index is 12.1. The minimum Gasteiger partial charge on any atom is -0.465 e. The number of rotatable bonds is 4. The van der Waals surface area contributed by atoms with Crippen molar-refractivity contribution in [1.82, 2.24) is 9.78 Å².